The average Bonchev–Trinajstić information content (AvgIpc) is 3.42. The van der Waals surface area contributed by atoms with Gasteiger partial charge in [0.15, 0.2) is 5.82 Å². The van der Waals surface area contributed by atoms with E-state index < -0.39 is 11.6 Å². The first-order chi connectivity index (χ1) is 20.0. The summed E-state index contributed by atoms with van der Waals surface area (Å²) in [4.78, 5) is 14.9. The van der Waals surface area contributed by atoms with E-state index >= 15 is 0 Å². The Kier molecular flexibility index (Phi) is 5.81. The molecule has 0 amide bonds. The van der Waals surface area contributed by atoms with Crippen LogP contribution in [0.4, 0.5) is 14.6 Å². The molecule has 206 valence electrons. The minimum Gasteiger partial charge on any atom is -0.455 e. The quantitative estimate of drug-likeness (QED) is 0.223. The number of ether oxygens (including phenoxy) is 1. The van der Waals surface area contributed by atoms with Crippen LogP contribution in [0.1, 0.15) is 32.6 Å². The van der Waals surface area contributed by atoms with Gasteiger partial charge in [0.25, 0.3) is 0 Å². The number of halogens is 2. The fraction of sp³-hybridized carbons (Fsp3) is 0.273. The monoisotopic (exact) mass is 566 g/mol. The minimum atomic E-state index is -0.641. The number of aromatic amines is 1. The Balaban J connectivity index is 1.23. The zero-order valence-corrected chi connectivity index (χ0v) is 23.3. The number of nitrogens with zero attached hydrogens (tertiary/aromatic N) is 2. The third-order valence-electron chi connectivity index (χ3n) is 9.15. The van der Waals surface area contributed by atoms with Crippen molar-refractivity contribution in [2.75, 3.05) is 5.32 Å². The molecule has 1 aliphatic heterocycles. The first kappa shape index (κ1) is 24.9. The normalized spacial score (nSPS) is 22.7. The van der Waals surface area contributed by atoms with E-state index in [9.17, 15) is 8.78 Å². The van der Waals surface area contributed by atoms with E-state index in [1.165, 1.54) is 31.7 Å². The van der Waals surface area contributed by atoms with E-state index in [1.807, 2.05) is 36.4 Å². The van der Waals surface area contributed by atoms with Crippen molar-refractivity contribution in [2.24, 2.45) is 17.8 Å². The SMILES string of the molecule is C[C@H]1C2CCC(CC2)[C@@H]1Nc1cc(-c2ccc3c(c2)Oc2ccccc2S3)nc(-c2c[nH]c3c(F)cc(F)cc23)n1. The van der Waals surface area contributed by atoms with Gasteiger partial charge in [-0.3, -0.25) is 0 Å². The molecule has 2 aromatic heterocycles. The van der Waals surface area contributed by atoms with Crippen molar-refractivity contribution >= 4 is 28.5 Å². The molecule has 3 aliphatic carbocycles. The predicted molar refractivity (Wildman–Crippen MR) is 157 cm³/mol. The number of fused-ring (bicyclic) bond motifs is 6. The molecule has 4 aliphatic rings. The van der Waals surface area contributed by atoms with Crippen LogP contribution in [-0.4, -0.2) is 21.0 Å². The molecular formula is C33H28F2N4OS. The lowest BCUT2D eigenvalue weighted by Gasteiger charge is -2.47. The van der Waals surface area contributed by atoms with Crippen molar-refractivity contribution < 1.29 is 13.5 Å². The van der Waals surface area contributed by atoms with E-state index in [1.54, 1.807) is 18.0 Å². The summed E-state index contributed by atoms with van der Waals surface area (Å²) in [5.74, 6) is 3.35. The first-order valence-electron chi connectivity index (χ1n) is 14.2. The number of rotatable bonds is 4. The number of para-hydroxylation sites is 1. The second-order valence-corrected chi connectivity index (χ2v) is 12.6. The molecule has 5 nitrogen and oxygen atoms in total. The van der Waals surface area contributed by atoms with Gasteiger partial charge in [0.05, 0.1) is 21.0 Å². The maximum Gasteiger partial charge on any atom is 0.164 e. The molecule has 5 aromatic rings. The van der Waals surface area contributed by atoms with Crippen molar-refractivity contribution in [3.05, 3.63) is 78.5 Å². The Bertz CT molecular complexity index is 1810. The summed E-state index contributed by atoms with van der Waals surface area (Å²) in [5, 5.41) is 4.19. The standard InChI is InChI=1S/C33H28F2N4OS/c1-17-18-6-8-19(9-7-18)31(17)38-30-15-25(20-10-11-29-27(12-20)40-26-4-2-3-5-28(26)41-29)37-33(39-30)23-16-36-32-22(23)13-21(34)14-24(32)35/h2-5,10-19,31,36H,6-9H2,1H3,(H,37,38,39)/t17-,18?,19?,31+/m0/s1. The molecule has 3 aromatic carbocycles. The molecular weight excluding hydrogens is 538 g/mol. The van der Waals surface area contributed by atoms with E-state index in [0.29, 0.717) is 40.3 Å². The van der Waals surface area contributed by atoms with Gasteiger partial charge in [0, 0.05) is 40.9 Å². The molecule has 2 atom stereocenters. The third-order valence-corrected chi connectivity index (χ3v) is 10.3. The van der Waals surface area contributed by atoms with E-state index in [-0.39, 0.29) is 5.52 Å². The lowest BCUT2D eigenvalue weighted by atomic mass is 9.62. The van der Waals surface area contributed by atoms with Crippen molar-refractivity contribution in [3.8, 4) is 34.1 Å². The van der Waals surface area contributed by atoms with E-state index in [2.05, 4.69) is 29.4 Å². The van der Waals surface area contributed by atoms with Crippen LogP contribution in [0, 0.1) is 29.4 Å². The Labute approximate surface area is 240 Å². The van der Waals surface area contributed by atoms with Crippen molar-refractivity contribution in [2.45, 2.75) is 48.4 Å². The molecule has 3 saturated carbocycles. The van der Waals surface area contributed by atoms with Gasteiger partial charge < -0.3 is 15.0 Å². The molecule has 0 unspecified atom stereocenters. The van der Waals surface area contributed by atoms with Gasteiger partial charge in [-0.05, 0) is 73.8 Å². The van der Waals surface area contributed by atoms with Crippen LogP contribution in [0.5, 0.6) is 11.5 Å². The fourth-order valence-electron chi connectivity index (χ4n) is 6.99. The number of anilines is 1. The Hall–Kier alpha value is -3.91. The minimum absolute atomic E-state index is 0.237. The lowest BCUT2D eigenvalue weighted by molar-refractivity contribution is 0.0928. The van der Waals surface area contributed by atoms with Gasteiger partial charge in [0.1, 0.15) is 29.0 Å². The van der Waals surface area contributed by atoms with Crippen LogP contribution in [0.15, 0.2) is 76.7 Å². The maximum absolute atomic E-state index is 14.6. The Morgan fingerprint density at radius 1 is 0.902 bits per heavy atom. The van der Waals surface area contributed by atoms with Gasteiger partial charge in [-0.1, -0.05) is 36.9 Å². The summed E-state index contributed by atoms with van der Waals surface area (Å²) in [5.41, 5.74) is 2.39. The number of aromatic nitrogens is 3. The number of nitrogens with one attached hydrogen (secondary N) is 2. The highest BCUT2D eigenvalue weighted by Crippen LogP contribution is 2.49. The van der Waals surface area contributed by atoms with Gasteiger partial charge in [-0.2, -0.15) is 0 Å². The highest BCUT2D eigenvalue weighted by molar-refractivity contribution is 7.99. The van der Waals surface area contributed by atoms with Crippen LogP contribution in [0.3, 0.4) is 0 Å². The van der Waals surface area contributed by atoms with Gasteiger partial charge in [0.2, 0.25) is 0 Å². The Morgan fingerprint density at radius 2 is 1.71 bits per heavy atom. The molecule has 3 fully saturated rings. The molecule has 0 radical (unpaired) electrons. The number of hydrogen-bond donors (Lipinski definition) is 2. The molecule has 2 N–H and O–H groups in total. The first-order valence-corrected chi connectivity index (χ1v) is 15.0. The predicted octanol–water partition coefficient (Wildman–Crippen LogP) is 9.06. The largest absolute Gasteiger partial charge is 0.455 e. The zero-order chi connectivity index (χ0) is 27.7. The zero-order valence-electron chi connectivity index (χ0n) is 22.5. The van der Waals surface area contributed by atoms with Crippen molar-refractivity contribution in [3.63, 3.8) is 0 Å². The number of hydrogen-bond acceptors (Lipinski definition) is 5. The van der Waals surface area contributed by atoms with Gasteiger partial charge >= 0.3 is 0 Å². The molecule has 9 rings (SSSR count). The molecule has 8 heteroatoms. The third kappa shape index (κ3) is 4.27. The van der Waals surface area contributed by atoms with Crippen LogP contribution in [0.25, 0.3) is 33.5 Å². The number of H-pyrrole nitrogens is 1. The summed E-state index contributed by atoms with van der Waals surface area (Å²) in [6.45, 7) is 2.35. The van der Waals surface area contributed by atoms with E-state index in [0.717, 1.165) is 44.7 Å². The van der Waals surface area contributed by atoms with Crippen LogP contribution in [-0.2, 0) is 0 Å². The van der Waals surface area contributed by atoms with Crippen molar-refractivity contribution in [1.82, 2.24) is 15.0 Å². The molecule has 41 heavy (non-hydrogen) atoms. The second kappa shape index (κ2) is 9.58. The Morgan fingerprint density at radius 3 is 2.56 bits per heavy atom. The summed E-state index contributed by atoms with van der Waals surface area (Å²) in [7, 11) is 0. The average molecular weight is 567 g/mol. The molecule has 3 heterocycles. The smallest absolute Gasteiger partial charge is 0.164 e. The summed E-state index contributed by atoms with van der Waals surface area (Å²) < 4.78 is 35.1. The molecule has 2 bridgehead atoms. The summed E-state index contributed by atoms with van der Waals surface area (Å²) in [6.07, 6.45) is 6.73. The second-order valence-electron chi connectivity index (χ2n) is 11.5. The van der Waals surface area contributed by atoms with E-state index in [4.69, 9.17) is 14.7 Å². The summed E-state index contributed by atoms with van der Waals surface area (Å²) >= 11 is 1.68. The fourth-order valence-corrected chi connectivity index (χ4v) is 7.92. The molecule has 0 saturated heterocycles. The maximum atomic E-state index is 14.6. The molecule has 0 spiro atoms. The summed E-state index contributed by atoms with van der Waals surface area (Å²) in [6, 6.07) is 18.6. The highest BCUT2D eigenvalue weighted by Gasteiger charge is 2.41. The highest BCUT2D eigenvalue weighted by atomic mass is 32.2. The van der Waals surface area contributed by atoms with Crippen LogP contribution in [0.2, 0.25) is 0 Å². The topological polar surface area (TPSA) is 62.8 Å². The van der Waals surface area contributed by atoms with Gasteiger partial charge in [-0.25, -0.2) is 18.7 Å². The van der Waals surface area contributed by atoms with Crippen LogP contribution >= 0.6 is 11.8 Å². The van der Waals surface area contributed by atoms with Gasteiger partial charge in [-0.15, -0.1) is 0 Å². The van der Waals surface area contributed by atoms with Crippen LogP contribution < -0.4 is 10.1 Å². The number of benzene rings is 3. The lowest BCUT2D eigenvalue weighted by Crippen LogP contribution is -2.47. The van der Waals surface area contributed by atoms with Crippen molar-refractivity contribution in [1.29, 1.82) is 0 Å².